The normalized spacial score (nSPS) is 14.4. The van der Waals surface area contributed by atoms with Gasteiger partial charge in [0.2, 0.25) is 0 Å². The minimum absolute atomic E-state index is 0.226. The van der Waals surface area contributed by atoms with Crippen LogP contribution < -0.4 is 20.3 Å². The first kappa shape index (κ1) is 18.6. The Kier molecular flexibility index (Phi) is 5.42. The maximum Gasteiger partial charge on any atom is 0.279 e. The molecule has 146 valence electrons. The van der Waals surface area contributed by atoms with Crippen LogP contribution in [-0.4, -0.2) is 24.5 Å². The molecule has 0 aliphatic carbocycles. The molecule has 6 heteroatoms. The van der Waals surface area contributed by atoms with E-state index in [0.717, 1.165) is 16.7 Å². The van der Waals surface area contributed by atoms with Gasteiger partial charge < -0.3 is 9.47 Å². The number of benzene rings is 3. The lowest BCUT2D eigenvalue weighted by Crippen LogP contribution is -2.49. The summed E-state index contributed by atoms with van der Waals surface area (Å²) in [7, 11) is 0. The van der Waals surface area contributed by atoms with E-state index < -0.39 is 17.9 Å². The zero-order chi connectivity index (χ0) is 20.1. The summed E-state index contributed by atoms with van der Waals surface area (Å²) in [5, 5.41) is 0. The molecular weight excluding hydrogens is 368 g/mol. The summed E-state index contributed by atoms with van der Waals surface area (Å²) in [6.45, 7) is -0.226. The molecule has 0 spiro atoms. The molecule has 0 fully saturated rings. The second-order valence-corrected chi connectivity index (χ2v) is 6.61. The molecule has 0 aromatic heterocycles. The molecule has 6 nitrogen and oxygen atoms in total. The lowest BCUT2D eigenvalue weighted by Gasteiger charge is -2.14. The molecule has 29 heavy (non-hydrogen) atoms. The van der Waals surface area contributed by atoms with Crippen molar-refractivity contribution in [3.05, 3.63) is 84.4 Å². The molecule has 1 unspecified atom stereocenters. The topological polar surface area (TPSA) is 76.7 Å². The number of hydrazine groups is 1. The van der Waals surface area contributed by atoms with Crippen molar-refractivity contribution in [2.45, 2.75) is 12.5 Å². The van der Waals surface area contributed by atoms with Crippen molar-refractivity contribution in [1.29, 1.82) is 0 Å². The highest BCUT2D eigenvalue weighted by Gasteiger charge is 2.28. The van der Waals surface area contributed by atoms with Crippen molar-refractivity contribution in [3.8, 4) is 22.6 Å². The second kappa shape index (κ2) is 8.48. The quantitative estimate of drug-likeness (QED) is 0.659. The Morgan fingerprint density at radius 3 is 2.45 bits per heavy atom. The highest BCUT2D eigenvalue weighted by molar-refractivity contribution is 5.86. The first-order valence-electron chi connectivity index (χ1n) is 9.31. The van der Waals surface area contributed by atoms with Crippen LogP contribution in [0.2, 0.25) is 0 Å². The largest absolute Gasteiger partial charge is 0.483 e. The van der Waals surface area contributed by atoms with Gasteiger partial charge in [0.15, 0.2) is 12.7 Å². The summed E-state index contributed by atoms with van der Waals surface area (Å²) in [5.74, 6) is 0.422. The molecule has 3 aromatic rings. The highest BCUT2D eigenvalue weighted by Crippen LogP contribution is 2.29. The van der Waals surface area contributed by atoms with Crippen LogP contribution in [0, 0.1) is 0 Å². The predicted molar refractivity (Wildman–Crippen MR) is 108 cm³/mol. The van der Waals surface area contributed by atoms with Crippen LogP contribution in [0.15, 0.2) is 78.9 Å². The summed E-state index contributed by atoms with van der Waals surface area (Å²) < 4.78 is 11.3. The van der Waals surface area contributed by atoms with E-state index >= 15 is 0 Å². The third kappa shape index (κ3) is 4.38. The molecule has 2 N–H and O–H groups in total. The molecule has 1 heterocycles. The molecular formula is C23H20N2O4. The van der Waals surface area contributed by atoms with Gasteiger partial charge in [0, 0.05) is 12.0 Å². The van der Waals surface area contributed by atoms with Gasteiger partial charge in [0.1, 0.15) is 11.5 Å². The molecule has 3 aromatic carbocycles. The molecule has 0 bridgehead atoms. The summed E-state index contributed by atoms with van der Waals surface area (Å²) in [5.41, 5.74) is 7.63. The van der Waals surface area contributed by atoms with E-state index in [0.29, 0.717) is 17.9 Å². The van der Waals surface area contributed by atoms with Crippen LogP contribution in [0.25, 0.3) is 11.1 Å². The fraction of sp³-hybridized carbons (Fsp3) is 0.130. The van der Waals surface area contributed by atoms with Crippen molar-refractivity contribution in [2.24, 2.45) is 0 Å². The summed E-state index contributed by atoms with van der Waals surface area (Å²) in [4.78, 5) is 24.4. The molecule has 0 saturated heterocycles. The number of amides is 2. The number of fused-ring (bicyclic) bond motifs is 1. The van der Waals surface area contributed by atoms with Crippen LogP contribution in [0.1, 0.15) is 5.56 Å². The van der Waals surface area contributed by atoms with Crippen LogP contribution in [-0.2, 0) is 16.0 Å². The number of hydrogen-bond donors (Lipinski definition) is 2. The highest BCUT2D eigenvalue weighted by atomic mass is 16.5. The molecule has 2 amide bonds. The van der Waals surface area contributed by atoms with Crippen molar-refractivity contribution in [3.63, 3.8) is 0 Å². The summed E-state index contributed by atoms with van der Waals surface area (Å²) in [6, 6.07) is 24.7. The van der Waals surface area contributed by atoms with Gasteiger partial charge in [0.05, 0.1) is 0 Å². The maximum atomic E-state index is 12.2. The minimum atomic E-state index is -0.660. The number of rotatable bonds is 5. The molecule has 0 saturated carbocycles. The van der Waals surface area contributed by atoms with Crippen LogP contribution in [0.5, 0.6) is 11.5 Å². The molecule has 1 aliphatic rings. The number of hydrogen-bond acceptors (Lipinski definition) is 4. The SMILES string of the molecule is O=C(COc1ccccc1-c1ccccc1)NNC(=O)C1Cc2ccccc2O1. The van der Waals surface area contributed by atoms with Crippen LogP contribution in [0.3, 0.4) is 0 Å². The number of para-hydroxylation sites is 2. The van der Waals surface area contributed by atoms with Crippen LogP contribution >= 0.6 is 0 Å². The maximum absolute atomic E-state index is 12.2. The van der Waals surface area contributed by atoms with Gasteiger partial charge in [0.25, 0.3) is 11.8 Å². The average molecular weight is 388 g/mol. The Bertz CT molecular complexity index is 995. The lowest BCUT2D eigenvalue weighted by molar-refractivity contribution is -0.133. The van der Waals surface area contributed by atoms with Crippen molar-refractivity contribution < 1.29 is 19.1 Å². The van der Waals surface area contributed by atoms with Gasteiger partial charge in [-0.2, -0.15) is 0 Å². The fourth-order valence-electron chi connectivity index (χ4n) is 3.17. The number of carbonyl (C=O) groups excluding carboxylic acids is 2. The molecule has 0 radical (unpaired) electrons. The standard InChI is InChI=1S/C23H20N2O4/c26-22(24-25-23(27)21-14-17-10-4-6-12-19(17)29-21)15-28-20-13-7-5-11-18(20)16-8-2-1-3-9-16/h1-13,21H,14-15H2,(H,24,26)(H,25,27). The Balaban J connectivity index is 1.29. The van der Waals surface area contributed by atoms with E-state index in [2.05, 4.69) is 10.9 Å². The summed E-state index contributed by atoms with van der Waals surface area (Å²) >= 11 is 0. The zero-order valence-electron chi connectivity index (χ0n) is 15.6. The van der Waals surface area contributed by atoms with E-state index in [1.165, 1.54) is 0 Å². The number of carbonyl (C=O) groups is 2. The van der Waals surface area contributed by atoms with Gasteiger partial charge in [-0.3, -0.25) is 20.4 Å². The monoisotopic (exact) mass is 388 g/mol. The Morgan fingerprint density at radius 1 is 0.897 bits per heavy atom. The van der Waals surface area contributed by atoms with Gasteiger partial charge in [-0.05, 0) is 23.3 Å². The van der Waals surface area contributed by atoms with E-state index in [4.69, 9.17) is 9.47 Å². The van der Waals surface area contributed by atoms with Gasteiger partial charge in [-0.25, -0.2) is 0 Å². The van der Waals surface area contributed by atoms with Crippen molar-refractivity contribution in [2.75, 3.05) is 6.61 Å². The van der Waals surface area contributed by atoms with E-state index in [-0.39, 0.29) is 6.61 Å². The van der Waals surface area contributed by atoms with Gasteiger partial charge in [-0.1, -0.05) is 66.7 Å². The molecule has 4 rings (SSSR count). The number of ether oxygens (including phenoxy) is 2. The first-order chi connectivity index (χ1) is 14.2. The second-order valence-electron chi connectivity index (χ2n) is 6.61. The zero-order valence-corrected chi connectivity index (χ0v) is 15.6. The Labute approximate surface area is 168 Å². The van der Waals surface area contributed by atoms with E-state index in [9.17, 15) is 9.59 Å². The molecule has 1 atom stereocenters. The predicted octanol–water partition coefficient (Wildman–Crippen LogP) is 2.88. The van der Waals surface area contributed by atoms with E-state index in [1.54, 1.807) is 6.07 Å². The van der Waals surface area contributed by atoms with E-state index in [1.807, 2.05) is 72.8 Å². The number of nitrogens with one attached hydrogen (secondary N) is 2. The molecule has 1 aliphatic heterocycles. The third-order valence-electron chi connectivity index (χ3n) is 4.60. The minimum Gasteiger partial charge on any atom is -0.483 e. The first-order valence-corrected chi connectivity index (χ1v) is 9.31. The third-order valence-corrected chi connectivity index (χ3v) is 4.60. The van der Waals surface area contributed by atoms with Gasteiger partial charge >= 0.3 is 0 Å². The van der Waals surface area contributed by atoms with Crippen LogP contribution in [0.4, 0.5) is 0 Å². The fourth-order valence-corrected chi connectivity index (χ4v) is 3.17. The van der Waals surface area contributed by atoms with Gasteiger partial charge in [-0.15, -0.1) is 0 Å². The van der Waals surface area contributed by atoms with Crippen molar-refractivity contribution >= 4 is 11.8 Å². The Morgan fingerprint density at radius 2 is 1.62 bits per heavy atom. The summed E-state index contributed by atoms with van der Waals surface area (Å²) in [6.07, 6.45) is -0.189. The van der Waals surface area contributed by atoms with Crippen molar-refractivity contribution in [1.82, 2.24) is 10.9 Å². The average Bonchev–Trinajstić information content (AvgIpc) is 3.21. The Hall–Kier alpha value is -3.80. The smallest absolute Gasteiger partial charge is 0.279 e. The lowest BCUT2D eigenvalue weighted by atomic mass is 10.1.